The molecule has 33 heavy (non-hydrogen) atoms. The molecule has 0 spiro atoms. The topological polar surface area (TPSA) is 220 Å². The molecule has 0 rings (SSSR count). The SMILES string of the molecule is CCC(C)C(NC(=O)C(CC(N)=O)NC(=O)C(NC(=O)C(N)CCCCN)C(C)C)C(=O)O. The van der Waals surface area contributed by atoms with Crippen LogP contribution in [0.1, 0.15) is 59.8 Å². The van der Waals surface area contributed by atoms with Crippen LogP contribution in [0.4, 0.5) is 0 Å². The minimum atomic E-state index is -1.41. The van der Waals surface area contributed by atoms with Gasteiger partial charge in [-0.05, 0) is 31.2 Å². The minimum absolute atomic E-state index is 0.366. The fourth-order valence-electron chi connectivity index (χ4n) is 3.04. The second-order valence-electron chi connectivity index (χ2n) is 8.56. The second-order valence-corrected chi connectivity index (χ2v) is 8.56. The molecule has 0 fully saturated rings. The normalized spacial score (nSPS) is 15.6. The molecule has 0 radical (unpaired) electrons. The first-order valence-corrected chi connectivity index (χ1v) is 11.2. The number of carbonyl (C=O) groups is 5. The van der Waals surface area contributed by atoms with Crippen LogP contribution in [0.15, 0.2) is 0 Å². The lowest BCUT2D eigenvalue weighted by Crippen LogP contribution is -2.59. The van der Waals surface area contributed by atoms with Crippen LogP contribution in [-0.2, 0) is 24.0 Å². The van der Waals surface area contributed by atoms with Crippen molar-refractivity contribution in [2.75, 3.05) is 6.54 Å². The van der Waals surface area contributed by atoms with E-state index >= 15 is 0 Å². The maximum absolute atomic E-state index is 12.9. The quantitative estimate of drug-likeness (QED) is 0.131. The molecule has 0 heterocycles. The number of carboxylic acid groups (broad SMARTS) is 1. The minimum Gasteiger partial charge on any atom is -0.480 e. The zero-order chi connectivity index (χ0) is 25.7. The third-order valence-electron chi connectivity index (χ3n) is 5.37. The highest BCUT2D eigenvalue weighted by molar-refractivity contribution is 5.96. The lowest BCUT2D eigenvalue weighted by atomic mass is 9.98. The van der Waals surface area contributed by atoms with Crippen LogP contribution in [0, 0.1) is 11.8 Å². The Balaban J connectivity index is 5.41. The molecule has 0 aromatic carbocycles. The highest BCUT2D eigenvalue weighted by atomic mass is 16.4. The molecule has 5 atom stereocenters. The standard InChI is InChI=1S/C21H40N6O6/c1-5-12(4)17(21(32)33)27-19(30)14(10-15(24)28)25-20(31)16(11(2)3)26-18(29)13(23)8-6-7-9-22/h11-14,16-17H,5-10,22-23H2,1-4H3,(H2,24,28)(H,25,31)(H,26,29)(H,27,30)(H,32,33). The van der Waals surface area contributed by atoms with Gasteiger partial charge in [-0.25, -0.2) is 4.79 Å². The summed E-state index contributed by atoms with van der Waals surface area (Å²) in [5.41, 5.74) is 16.5. The molecule has 0 bridgehead atoms. The number of hydrogen-bond acceptors (Lipinski definition) is 7. The summed E-state index contributed by atoms with van der Waals surface area (Å²) < 4.78 is 0. The Morgan fingerprint density at radius 2 is 1.45 bits per heavy atom. The third-order valence-corrected chi connectivity index (χ3v) is 5.37. The molecule has 0 saturated heterocycles. The molecule has 0 aromatic heterocycles. The van der Waals surface area contributed by atoms with Gasteiger partial charge in [0.2, 0.25) is 23.6 Å². The van der Waals surface area contributed by atoms with Gasteiger partial charge in [-0.2, -0.15) is 0 Å². The fraction of sp³-hybridized carbons (Fsp3) is 0.762. The van der Waals surface area contributed by atoms with Gasteiger partial charge in [0.25, 0.3) is 0 Å². The molecule has 10 N–H and O–H groups in total. The van der Waals surface area contributed by atoms with E-state index in [1.54, 1.807) is 27.7 Å². The van der Waals surface area contributed by atoms with E-state index in [-0.39, 0.29) is 11.8 Å². The van der Waals surface area contributed by atoms with Gasteiger partial charge in [0.1, 0.15) is 18.1 Å². The Bertz CT molecular complexity index is 686. The van der Waals surface area contributed by atoms with Crippen LogP contribution in [0.2, 0.25) is 0 Å². The Kier molecular flexibility index (Phi) is 13.9. The van der Waals surface area contributed by atoms with E-state index in [4.69, 9.17) is 17.2 Å². The highest BCUT2D eigenvalue weighted by Gasteiger charge is 2.33. The number of nitrogens with one attached hydrogen (secondary N) is 3. The summed E-state index contributed by atoms with van der Waals surface area (Å²) in [4.78, 5) is 61.0. The van der Waals surface area contributed by atoms with E-state index in [1.807, 2.05) is 0 Å². The van der Waals surface area contributed by atoms with Crippen molar-refractivity contribution < 1.29 is 29.1 Å². The highest BCUT2D eigenvalue weighted by Crippen LogP contribution is 2.10. The smallest absolute Gasteiger partial charge is 0.326 e. The summed E-state index contributed by atoms with van der Waals surface area (Å²) in [6.45, 7) is 7.29. The van der Waals surface area contributed by atoms with E-state index in [9.17, 15) is 29.1 Å². The lowest BCUT2D eigenvalue weighted by molar-refractivity contribution is -0.144. The number of hydrogen-bond donors (Lipinski definition) is 7. The van der Waals surface area contributed by atoms with Crippen LogP contribution >= 0.6 is 0 Å². The van der Waals surface area contributed by atoms with E-state index in [1.165, 1.54) is 0 Å². The maximum Gasteiger partial charge on any atom is 0.326 e. The number of amides is 4. The number of primary amides is 1. The van der Waals surface area contributed by atoms with Crippen LogP contribution in [0.3, 0.4) is 0 Å². The molecule has 12 heteroatoms. The summed E-state index contributed by atoms with van der Waals surface area (Å²) >= 11 is 0. The van der Waals surface area contributed by atoms with Crippen molar-refractivity contribution in [3.63, 3.8) is 0 Å². The van der Waals surface area contributed by atoms with Gasteiger partial charge in [-0.3, -0.25) is 19.2 Å². The van der Waals surface area contributed by atoms with Gasteiger partial charge in [-0.1, -0.05) is 40.5 Å². The van der Waals surface area contributed by atoms with Crippen molar-refractivity contribution >= 4 is 29.6 Å². The van der Waals surface area contributed by atoms with E-state index < -0.39 is 60.2 Å². The molecule has 0 aromatic rings. The summed E-state index contributed by atoms with van der Waals surface area (Å²) in [6, 6.07) is -4.48. The number of carboxylic acids is 1. The number of carbonyl (C=O) groups excluding carboxylic acids is 4. The average molecular weight is 473 g/mol. The van der Waals surface area contributed by atoms with Crippen molar-refractivity contribution in [1.29, 1.82) is 0 Å². The van der Waals surface area contributed by atoms with Crippen molar-refractivity contribution in [2.45, 2.75) is 84.0 Å². The van der Waals surface area contributed by atoms with E-state index in [2.05, 4.69) is 16.0 Å². The molecule has 0 saturated carbocycles. The molecule has 190 valence electrons. The van der Waals surface area contributed by atoms with Crippen molar-refractivity contribution in [1.82, 2.24) is 16.0 Å². The Labute approximate surface area is 194 Å². The van der Waals surface area contributed by atoms with Crippen molar-refractivity contribution in [2.24, 2.45) is 29.0 Å². The predicted molar refractivity (Wildman–Crippen MR) is 122 cm³/mol. The van der Waals surface area contributed by atoms with Gasteiger partial charge < -0.3 is 38.3 Å². The first kappa shape index (κ1) is 30.3. The lowest BCUT2D eigenvalue weighted by Gasteiger charge is -2.27. The number of unbranched alkanes of at least 4 members (excludes halogenated alkanes) is 1. The van der Waals surface area contributed by atoms with E-state index in [0.29, 0.717) is 32.2 Å². The second kappa shape index (κ2) is 15.2. The average Bonchev–Trinajstić information content (AvgIpc) is 2.73. The molecule has 5 unspecified atom stereocenters. The van der Waals surface area contributed by atoms with Gasteiger partial charge in [0.15, 0.2) is 0 Å². The Hall–Kier alpha value is -2.73. The molecule has 4 amide bonds. The molecular formula is C21H40N6O6. The first-order valence-electron chi connectivity index (χ1n) is 11.2. The fourth-order valence-corrected chi connectivity index (χ4v) is 3.04. The summed E-state index contributed by atoms with van der Waals surface area (Å²) in [5, 5.41) is 16.7. The number of rotatable bonds is 16. The summed E-state index contributed by atoms with van der Waals surface area (Å²) in [7, 11) is 0. The van der Waals surface area contributed by atoms with Crippen molar-refractivity contribution in [3.8, 4) is 0 Å². The van der Waals surface area contributed by atoms with Crippen LogP contribution in [-0.4, -0.2) is 65.4 Å². The largest absolute Gasteiger partial charge is 0.480 e. The van der Waals surface area contributed by atoms with Gasteiger partial charge in [0, 0.05) is 0 Å². The monoisotopic (exact) mass is 472 g/mol. The summed E-state index contributed by atoms with van der Waals surface area (Å²) in [5.74, 6) is -4.96. The predicted octanol–water partition coefficient (Wildman–Crippen LogP) is -1.44. The van der Waals surface area contributed by atoms with E-state index in [0.717, 1.165) is 0 Å². The summed E-state index contributed by atoms with van der Waals surface area (Å²) in [6.07, 6.45) is 1.71. The molecule has 0 aliphatic heterocycles. The maximum atomic E-state index is 12.9. The van der Waals surface area contributed by atoms with Crippen LogP contribution in [0.5, 0.6) is 0 Å². The number of aliphatic carboxylic acids is 1. The number of nitrogens with two attached hydrogens (primary N) is 3. The molecular weight excluding hydrogens is 432 g/mol. The molecule has 0 aliphatic carbocycles. The first-order chi connectivity index (χ1) is 15.3. The third kappa shape index (κ3) is 11.1. The zero-order valence-corrected chi connectivity index (χ0v) is 19.9. The molecule has 0 aliphatic rings. The zero-order valence-electron chi connectivity index (χ0n) is 19.9. The van der Waals surface area contributed by atoms with Crippen LogP contribution in [0.25, 0.3) is 0 Å². The molecule has 12 nitrogen and oxygen atoms in total. The Morgan fingerprint density at radius 1 is 0.879 bits per heavy atom. The Morgan fingerprint density at radius 3 is 1.91 bits per heavy atom. The van der Waals surface area contributed by atoms with Gasteiger partial charge in [-0.15, -0.1) is 0 Å². The van der Waals surface area contributed by atoms with Gasteiger partial charge in [0.05, 0.1) is 12.5 Å². The van der Waals surface area contributed by atoms with Crippen LogP contribution < -0.4 is 33.2 Å². The van der Waals surface area contributed by atoms with Crippen molar-refractivity contribution in [3.05, 3.63) is 0 Å². The van der Waals surface area contributed by atoms with Gasteiger partial charge >= 0.3 is 5.97 Å².